The highest BCUT2D eigenvalue weighted by molar-refractivity contribution is 6.38. The van der Waals surface area contributed by atoms with Crippen molar-refractivity contribution in [3.05, 3.63) is 12.7 Å². The molecule has 0 aromatic rings. The van der Waals surface area contributed by atoms with Crippen LogP contribution in [0.25, 0.3) is 0 Å². The fraction of sp³-hybridized carbons (Fsp3) is 0.750. The monoisotopic (exact) mass is 657 g/mol. The van der Waals surface area contributed by atoms with Crippen molar-refractivity contribution in [1.29, 1.82) is 0 Å². The lowest BCUT2D eigenvalue weighted by Crippen LogP contribution is -2.62. The molecule has 5 amide bonds. The number of rotatable bonds is 14. The summed E-state index contributed by atoms with van der Waals surface area (Å²) in [4.78, 5) is 80.2. The van der Waals surface area contributed by atoms with Crippen LogP contribution in [0.5, 0.6) is 0 Å². The average molecular weight is 658 g/mol. The molecule has 11 nitrogen and oxygen atoms in total. The molecule has 2 unspecified atom stereocenters. The number of carbonyl (C=O) groups excluding carboxylic acids is 6. The van der Waals surface area contributed by atoms with Gasteiger partial charge in [-0.15, -0.1) is 6.58 Å². The third kappa shape index (κ3) is 10.0. The van der Waals surface area contributed by atoms with Gasteiger partial charge in [0.25, 0.3) is 5.91 Å². The minimum Gasteiger partial charge on any atom is -0.353 e. The number of likely N-dealkylation sites (tertiary alicyclic amines) is 1. The molecule has 1 heterocycles. The van der Waals surface area contributed by atoms with E-state index in [-0.39, 0.29) is 24.2 Å². The number of hydrogen-bond donors (Lipinski definition) is 4. The van der Waals surface area contributed by atoms with E-state index in [0.29, 0.717) is 6.42 Å². The summed E-state index contributed by atoms with van der Waals surface area (Å²) in [6.07, 6.45) is -3.51. The predicted octanol–water partition coefficient (Wildman–Crippen LogP) is 3.28. The van der Waals surface area contributed by atoms with E-state index in [2.05, 4.69) is 27.8 Å². The predicted molar refractivity (Wildman–Crippen MR) is 165 cm³/mol. The Kier molecular flexibility index (Phi) is 12.6. The van der Waals surface area contributed by atoms with Crippen LogP contribution in [0.1, 0.15) is 80.6 Å². The van der Waals surface area contributed by atoms with E-state index in [4.69, 9.17) is 0 Å². The van der Waals surface area contributed by atoms with E-state index in [9.17, 15) is 41.9 Å². The molecule has 260 valence electrons. The van der Waals surface area contributed by atoms with Gasteiger partial charge in [0.15, 0.2) is 5.78 Å². The molecule has 46 heavy (non-hydrogen) atoms. The summed E-state index contributed by atoms with van der Waals surface area (Å²) >= 11 is 0. The molecule has 5 atom stereocenters. The first-order valence-corrected chi connectivity index (χ1v) is 15.7. The Bertz CT molecular complexity index is 1190. The quantitative estimate of drug-likeness (QED) is 0.166. The zero-order chi connectivity index (χ0) is 35.4. The van der Waals surface area contributed by atoms with Crippen LogP contribution >= 0.6 is 0 Å². The van der Waals surface area contributed by atoms with Gasteiger partial charge in [-0.05, 0) is 48.3 Å². The molecular weight excluding hydrogens is 607 g/mol. The molecule has 1 aliphatic heterocycles. The molecule has 0 bridgehead atoms. The first-order chi connectivity index (χ1) is 21.0. The third-order valence-electron chi connectivity index (χ3n) is 8.86. The topological polar surface area (TPSA) is 154 Å². The molecular formula is C32H50F3N5O6. The lowest BCUT2D eigenvalue weighted by Gasteiger charge is -2.39. The molecule has 4 N–H and O–H groups in total. The number of alkyl halides is 3. The Hall–Kier alpha value is -3.45. The van der Waals surface area contributed by atoms with Crippen molar-refractivity contribution < 1.29 is 41.9 Å². The largest absolute Gasteiger partial charge is 0.389 e. The van der Waals surface area contributed by atoms with Crippen molar-refractivity contribution >= 4 is 35.3 Å². The first-order valence-electron chi connectivity index (χ1n) is 15.7. The molecule has 2 rings (SSSR count). The van der Waals surface area contributed by atoms with Gasteiger partial charge in [-0.2, -0.15) is 13.2 Å². The zero-order valence-corrected chi connectivity index (χ0v) is 28.1. The van der Waals surface area contributed by atoms with Crippen molar-refractivity contribution in [3.8, 4) is 0 Å². The van der Waals surface area contributed by atoms with Gasteiger partial charge in [-0.1, -0.05) is 54.5 Å². The summed E-state index contributed by atoms with van der Waals surface area (Å²) in [6.45, 7) is 16.3. The number of nitrogens with one attached hydrogen (secondary N) is 4. The normalized spacial score (nSPS) is 20.7. The standard InChI is InChI=1S/C32H50F3N5O6/c1-10-31(7,8)19-14-16-40(22(19)26(43)37-20(13-15-32(33,34)35)24(42)27(44)36-9)28(45)25(30(4,5)6)39-29(46)38-21(17(2)3)23(41)18-11-12-18/h10,17-22,25H,1,11-16H2,2-9H3,(H,36,44)(H,37,43)(H2,38,39,46)/t19?,20?,21-,22-,25+/m0/s1. The highest BCUT2D eigenvalue weighted by Gasteiger charge is 2.51. The molecule has 0 radical (unpaired) electrons. The van der Waals surface area contributed by atoms with Crippen LogP contribution in [0.3, 0.4) is 0 Å². The molecule has 1 aliphatic carbocycles. The fourth-order valence-electron chi connectivity index (χ4n) is 5.73. The zero-order valence-electron chi connectivity index (χ0n) is 28.1. The molecule has 0 spiro atoms. The number of nitrogens with zero attached hydrogens (tertiary/aromatic N) is 1. The van der Waals surface area contributed by atoms with Crippen molar-refractivity contribution in [1.82, 2.24) is 26.2 Å². The minimum atomic E-state index is -4.65. The third-order valence-corrected chi connectivity index (χ3v) is 8.86. The van der Waals surface area contributed by atoms with Crippen LogP contribution in [-0.4, -0.2) is 84.2 Å². The number of Topliss-reactive ketones (excluding diaryl/α,β-unsaturated/α-hetero) is 2. The van der Waals surface area contributed by atoms with Crippen molar-refractivity contribution in [2.45, 2.75) is 111 Å². The van der Waals surface area contributed by atoms with Crippen molar-refractivity contribution in [2.75, 3.05) is 13.6 Å². The molecule has 1 saturated carbocycles. The number of ketones is 2. The maximum atomic E-state index is 14.2. The lowest BCUT2D eigenvalue weighted by atomic mass is 9.74. The SMILES string of the molecule is C=CC(C)(C)C1CCN(C(=O)[C@@H](NC(=O)N[C@H](C(=O)C2CC2)C(C)C)C(C)(C)C)[C@@H]1C(=O)NC(CCC(F)(F)F)C(=O)C(=O)NC. The van der Waals surface area contributed by atoms with Gasteiger partial charge < -0.3 is 26.2 Å². The number of amides is 5. The minimum absolute atomic E-state index is 0.0686. The van der Waals surface area contributed by atoms with E-state index in [1.807, 2.05) is 13.8 Å². The molecule has 14 heteroatoms. The Morgan fingerprint density at radius 1 is 0.935 bits per heavy atom. The molecule has 2 fully saturated rings. The van der Waals surface area contributed by atoms with E-state index in [1.165, 1.54) is 4.90 Å². The smallest absolute Gasteiger partial charge is 0.353 e. The van der Waals surface area contributed by atoms with Gasteiger partial charge in [-0.3, -0.25) is 24.0 Å². The Morgan fingerprint density at radius 3 is 1.98 bits per heavy atom. The van der Waals surface area contributed by atoms with Crippen LogP contribution in [0.4, 0.5) is 18.0 Å². The van der Waals surface area contributed by atoms with Crippen LogP contribution in [0.2, 0.25) is 0 Å². The number of urea groups is 1. The van der Waals surface area contributed by atoms with Gasteiger partial charge in [-0.25, -0.2) is 4.79 Å². The maximum Gasteiger partial charge on any atom is 0.389 e. The molecule has 2 aliphatic rings. The van der Waals surface area contributed by atoms with Crippen LogP contribution in [0.15, 0.2) is 12.7 Å². The Balaban J connectivity index is 2.43. The lowest BCUT2D eigenvalue weighted by molar-refractivity contribution is -0.148. The summed E-state index contributed by atoms with van der Waals surface area (Å²) < 4.78 is 39.3. The number of hydrogen-bond acceptors (Lipinski definition) is 6. The van der Waals surface area contributed by atoms with Crippen molar-refractivity contribution in [2.24, 2.45) is 28.6 Å². The Labute approximate surface area is 269 Å². The fourth-order valence-corrected chi connectivity index (χ4v) is 5.73. The molecule has 0 aromatic heterocycles. The van der Waals surface area contributed by atoms with E-state index >= 15 is 0 Å². The molecule has 1 saturated heterocycles. The highest BCUT2D eigenvalue weighted by Crippen LogP contribution is 2.41. The van der Waals surface area contributed by atoms with Gasteiger partial charge in [0.1, 0.15) is 12.1 Å². The van der Waals surface area contributed by atoms with Gasteiger partial charge in [0.05, 0.1) is 12.1 Å². The van der Waals surface area contributed by atoms with Crippen molar-refractivity contribution in [3.63, 3.8) is 0 Å². The van der Waals surface area contributed by atoms with E-state index in [0.717, 1.165) is 19.9 Å². The number of likely N-dealkylation sites (N-methyl/N-ethyl adjacent to an activating group) is 1. The average Bonchev–Trinajstić information content (AvgIpc) is 3.70. The summed E-state index contributed by atoms with van der Waals surface area (Å²) in [5.74, 6) is -4.87. The van der Waals surface area contributed by atoms with Gasteiger partial charge in [0, 0.05) is 25.9 Å². The highest BCUT2D eigenvalue weighted by atomic mass is 19.4. The van der Waals surface area contributed by atoms with E-state index in [1.54, 1.807) is 40.7 Å². The maximum absolute atomic E-state index is 14.2. The number of allylic oxidation sites excluding steroid dienone is 1. The first kappa shape index (κ1) is 38.7. The number of carbonyl (C=O) groups is 6. The van der Waals surface area contributed by atoms with Crippen LogP contribution < -0.4 is 21.3 Å². The second-order valence-electron chi connectivity index (χ2n) is 14.4. The van der Waals surface area contributed by atoms with Crippen LogP contribution in [-0.2, 0) is 24.0 Å². The summed E-state index contributed by atoms with van der Waals surface area (Å²) in [7, 11) is 1.14. The van der Waals surface area contributed by atoms with Crippen LogP contribution in [0, 0.1) is 28.6 Å². The summed E-state index contributed by atoms with van der Waals surface area (Å²) in [5, 5.41) is 9.82. The second kappa shape index (κ2) is 15.0. The molecule has 0 aromatic carbocycles. The Morgan fingerprint density at radius 2 is 1.52 bits per heavy atom. The summed E-state index contributed by atoms with van der Waals surface area (Å²) in [6, 6.07) is -5.71. The number of halogens is 3. The van der Waals surface area contributed by atoms with Gasteiger partial charge >= 0.3 is 12.2 Å². The van der Waals surface area contributed by atoms with Gasteiger partial charge in [0.2, 0.25) is 17.6 Å². The van der Waals surface area contributed by atoms with E-state index < -0.39 is 89.5 Å². The second-order valence-corrected chi connectivity index (χ2v) is 14.4. The summed E-state index contributed by atoms with van der Waals surface area (Å²) in [5.41, 5.74) is -1.61.